The van der Waals surface area contributed by atoms with Crippen molar-refractivity contribution in [2.45, 2.75) is 24.3 Å². The molecule has 0 fully saturated rings. The van der Waals surface area contributed by atoms with Gasteiger partial charge in [-0.15, -0.1) is 5.10 Å². The summed E-state index contributed by atoms with van der Waals surface area (Å²) in [5.41, 5.74) is 2.88. The Balaban J connectivity index is 1.54. The van der Waals surface area contributed by atoms with E-state index < -0.39 is 10.0 Å². The quantitative estimate of drug-likeness (QED) is 0.395. The van der Waals surface area contributed by atoms with Gasteiger partial charge in [0, 0.05) is 23.7 Å². The van der Waals surface area contributed by atoms with E-state index in [1.165, 1.54) is 9.87 Å². The highest BCUT2D eigenvalue weighted by atomic mass is 35.5. The van der Waals surface area contributed by atoms with Crippen LogP contribution < -0.4 is 0 Å². The van der Waals surface area contributed by atoms with E-state index in [-0.39, 0.29) is 11.4 Å². The van der Waals surface area contributed by atoms with Gasteiger partial charge < -0.3 is 0 Å². The lowest BCUT2D eigenvalue weighted by Crippen LogP contribution is -2.32. The van der Waals surface area contributed by atoms with E-state index >= 15 is 0 Å². The van der Waals surface area contributed by atoms with Crippen LogP contribution in [0.4, 0.5) is 0 Å². The molecule has 1 aromatic heterocycles. The average molecular weight is 468 g/mol. The van der Waals surface area contributed by atoms with Crippen LogP contribution in [0.25, 0.3) is 11.4 Å². The zero-order valence-electron chi connectivity index (χ0n) is 17.2. The van der Waals surface area contributed by atoms with Gasteiger partial charge in [-0.05, 0) is 58.7 Å². The Kier molecular flexibility index (Phi) is 6.94. The Bertz CT molecular complexity index is 1230. The van der Waals surface area contributed by atoms with E-state index in [0.717, 1.165) is 17.5 Å². The third kappa shape index (κ3) is 5.40. The summed E-state index contributed by atoms with van der Waals surface area (Å²) < 4.78 is 28.3. The summed E-state index contributed by atoms with van der Waals surface area (Å²) in [6.07, 6.45) is 1.50. The van der Waals surface area contributed by atoms with Gasteiger partial charge in [0.15, 0.2) is 5.82 Å². The van der Waals surface area contributed by atoms with E-state index in [0.29, 0.717) is 23.8 Å². The lowest BCUT2D eigenvalue weighted by atomic mass is 10.1. The van der Waals surface area contributed by atoms with Crippen molar-refractivity contribution in [3.05, 3.63) is 95.0 Å². The fourth-order valence-corrected chi connectivity index (χ4v) is 4.99. The van der Waals surface area contributed by atoms with Crippen LogP contribution in [0.2, 0.25) is 5.02 Å². The lowest BCUT2D eigenvalue weighted by Gasteiger charge is -2.22. The van der Waals surface area contributed by atoms with Gasteiger partial charge in [-0.2, -0.15) is 4.31 Å². The first-order chi connectivity index (χ1) is 15.5. The van der Waals surface area contributed by atoms with Crippen molar-refractivity contribution >= 4 is 21.6 Å². The summed E-state index contributed by atoms with van der Waals surface area (Å²) in [5.74, 6) is 0.560. The topological polar surface area (TPSA) is 91.8 Å². The summed E-state index contributed by atoms with van der Waals surface area (Å²) in [6.45, 7) is 0.655. The van der Waals surface area contributed by atoms with Gasteiger partial charge in [0.2, 0.25) is 10.0 Å². The minimum absolute atomic E-state index is 0.228. The second kappa shape index (κ2) is 10.0. The van der Waals surface area contributed by atoms with Crippen LogP contribution in [0.1, 0.15) is 17.5 Å². The molecule has 0 aliphatic rings. The number of sulfonamides is 1. The Labute approximate surface area is 192 Å². The molecule has 32 heavy (non-hydrogen) atoms. The van der Waals surface area contributed by atoms with E-state index in [1.807, 2.05) is 42.5 Å². The predicted molar refractivity (Wildman–Crippen MR) is 123 cm³/mol. The Morgan fingerprint density at radius 3 is 2.25 bits per heavy atom. The second-order valence-corrected chi connectivity index (χ2v) is 9.70. The van der Waals surface area contributed by atoms with E-state index in [2.05, 4.69) is 32.8 Å². The maximum atomic E-state index is 13.4. The molecule has 0 bridgehead atoms. The highest BCUT2D eigenvalue weighted by Crippen LogP contribution is 2.22. The van der Waals surface area contributed by atoms with Crippen LogP contribution in [0.5, 0.6) is 0 Å². The largest absolute Gasteiger partial charge is 0.243 e. The number of aromatic nitrogens is 4. The highest BCUT2D eigenvalue weighted by Gasteiger charge is 2.24. The molecule has 0 amide bonds. The van der Waals surface area contributed by atoms with Crippen LogP contribution >= 0.6 is 11.6 Å². The van der Waals surface area contributed by atoms with Crippen LogP contribution in [-0.4, -0.2) is 39.9 Å². The standard InChI is InChI=1S/C23H22ClN5O2S/c24-21-12-14-22(15-13-21)32(30,31)29(16-4-7-18-5-2-1-3-6-18)17-19-8-10-20(11-9-19)23-25-27-28-26-23/h1-3,5-6,8-15H,4,7,16-17H2,(H,25,26,27,28). The SMILES string of the molecule is O=S(=O)(c1ccc(Cl)cc1)N(CCCc1ccccc1)Cc1ccc(-c2nnn[nH]2)cc1. The second-order valence-electron chi connectivity index (χ2n) is 7.33. The maximum absolute atomic E-state index is 13.4. The molecule has 1 N–H and O–H groups in total. The normalized spacial score (nSPS) is 11.7. The summed E-state index contributed by atoms with van der Waals surface area (Å²) in [7, 11) is -3.69. The number of hydrogen-bond acceptors (Lipinski definition) is 5. The van der Waals surface area contributed by atoms with Crippen LogP contribution in [-0.2, 0) is 23.0 Å². The van der Waals surface area contributed by atoms with Gasteiger partial charge in [0.1, 0.15) is 0 Å². The molecule has 0 saturated heterocycles. The summed E-state index contributed by atoms with van der Waals surface area (Å²) >= 11 is 5.95. The zero-order chi connectivity index (χ0) is 22.4. The van der Waals surface area contributed by atoms with Crippen LogP contribution in [0, 0.1) is 0 Å². The molecule has 0 aliphatic heterocycles. The zero-order valence-corrected chi connectivity index (χ0v) is 18.8. The monoisotopic (exact) mass is 467 g/mol. The number of halogens is 1. The van der Waals surface area contributed by atoms with Gasteiger partial charge in [-0.25, -0.2) is 13.5 Å². The molecule has 4 rings (SSSR count). The number of aryl methyl sites for hydroxylation is 1. The number of nitrogens with zero attached hydrogens (tertiary/aromatic N) is 4. The van der Waals surface area contributed by atoms with Crippen LogP contribution in [0.3, 0.4) is 0 Å². The number of hydrogen-bond donors (Lipinski definition) is 1. The third-order valence-corrected chi connectivity index (χ3v) is 7.21. The van der Waals surface area contributed by atoms with Crippen molar-refractivity contribution in [2.75, 3.05) is 6.54 Å². The molecule has 0 unspecified atom stereocenters. The van der Waals surface area contributed by atoms with Crippen molar-refractivity contribution in [2.24, 2.45) is 0 Å². The molecule has 1 heterocycles. The minimum atomic E-state index is -3.69. The summed E-state index contributed by atoms with van der Waals surface area (Å²) in [4.78, 5) is 0.228. The maximum Gasteiger partial charge on any atom is 0.243 e. The molecule has 9 heteroatoms. The number of tetrazole rings is 1. The number of rotatable bonds is 9. The summed E-state index contributed by atoms with van der Waals surface area (Å²) in [5, 5.41) is 14.3. The van der Waals surface area contributed by atoms with Gasteiger partial charge in [0.25, 0.3) is 0 Å². The van der Waals surface area contributed by atoms with E-state index in [9.17, 15) is 8.42 Å². The number of benzene rings is 3. The smallest absolute Gasteiger partial charge is 0.239 e. The Morgan fingerprint density at radius 1 is 0.875 bits per heavy atom. The van der Waals surface area contributed by atoms with E-state index in [1.54, 1.807) is 24.3 Å². The first-order valence-electron chi connectivity index (χ1n) is 10.1. The predicted octanol–water partition coefficient (Wildman–Crippen LogP) is 4.34. The molecule has 164 valence electrons. The fourth-order valence-electron chi connectivity index (χ4n) is 3.40. The molecule has 0 aliphatic carbocycles. The molecule has 0 spiro atoms. The molecule has 7 nitrogen and oxygen atoms in total. The molecule has 0 radical (unpaired) electrons. The van der Waals surface area contributed by atoms with Crippen LogP contribution in [0.15, 0.2) is 83.8 Å². The van der Waals surface area contributed by atoms with Crippen molar-refractivity contribution in [3.63, 3.8) is 0 Å². The van der Waals surface area contributed by atoms with Crippen molar-refractivity contribution in [3.8, 4) is 11.4 Å². The Morgan fingerprint density at radius 2 is 1.59 bits per heavy atom. The number of aromatic amines is 1. The third-order valence-electron chi connectivity index (χ3n) is 5.10. The fraction of sp³-hybridized carbons (Fsp3) is 0.174. The van der Waals surface area contributed by atoms with Crippen molar-refractivity contribution < 1.29 is 8.42 Å². The molecule has 3 aromatic carbocycles. The Hall–Kier alpha value is -3.07. The molecule has 4 aromatic rings. The van der Waals surface area contributed by atoms with Gasteiger partial charge in [0.05, 0.1) is 4.90 Å². The molecular formula is C23H22ClN5O2S. The van der Waals surface area contributed by atoms with Crippen molar-refractivity contribution in [1.82, 2.24) is 24.9 Å². The first-order valence-corrected chi connectivity index (χ1v) is 12.0. The van der Waals surface area contributed by atoms with Crippen molar-refractivity contribution in [1.29, 1.82) is 0 Å². The molecule has 0 atom stereocenters. The number of H-pyrrole nitrogens is 1. The van der Waals surface area contributed by atoms with E-state index in [4.69, 9.17) is 11.6 Å². The number of nitrogens with one attached hydrogen (secondary N) is 1. The molecular weight excluding hydrogens is 446 g/mol. The lowest BCUT2D eigenvalue weighted by molar-refractivity contribution is 0.399. The first kappa shape index (κ1) is 22.1. The average Bonchev–Trinajstić information content (AvgIpc) is 3.35. The summed E-state index contributed by atoms with van der Waals surface area (Å²) in [6, 6.07) is 23.8. The highest BCUT2D eigenvalue weighted by molar-refractivity contribution is 7.89. The molecule has 0 saturated carbocycles. The van der Waals surface area contributed by atoms with Gasteiger partial charge >= 0.3 is 0 Å². The van der Waals surface area contributed by atoms with Gasteiger partial charge in [-0.1, -0.05) is 66.2 Å². The minimum Gasteiger partial charge on any atom is -0.239 e. The van der Waals surface area contributed by atoms with Gasteiger partial charge in [-0.3, -0.25) is 0 Å².